The van der Waals surface area contributed by atoms with Crippen molar-refractivity contribution >= 4 is 23.4 Å². The zero-order valence-corrected chi connectivity index (χ0v) is 13.0. The molecule has 6 heteroatoms. The highest BCUT2D eigenvalue weighted by atomic mass is 35.5. The molecule has 1 fully saturated rings. The number of carbonyl (C=O) groups is 2. The zero-order valence-electron chi connectivity index (χ0n) is 12.3. The predicted octanol–water partition coefficient (Wildman–Crippen LogP) is 2.89. The largest absolute Gasteiger partial charge is 0.478 e. The SMILES string of the molecule is O=C(O)c1cc(Cl)ncc1-c1ccccc1C(=O)C1CCNC1. The lowest BCUT2D eigenvalue weighted by Crippen LogP contribution is -2.18. The monoisotopic (exact) mass is 330 g/mol. The molecule has 0 saturated carbocycles. The van der Waals surface area contributed by atoms with Gasteiger partial charge in [0.05, 0.1) is 5.56 Å². The first-order valence-electron chi connectivity index (χ1n) is 7.31. The van der Waals surface area contributed by atoms with Crippen LogP contribution in [0.5, 0.6) is 0 Å². The molecular weight excluding hydrogens is 316 g/mol. The van der Waals surface area contributed by atoms with E-state index in [1.807, 2.05) is 0 Å². The Balaban J connectivity index is 2.11. The fourth-order valence-corrected chi connectivity index (χ4v) is 3.01. The minimum Gasteiger partial charge on any atom is -0.478 e. The van der Waals surface area contributed by atoms with Crippen molar-refractivity contribution in [2.75, 3.05) is 13.1 Å². The standard InChI is InChI=1S/C17H15ClN2O3/c18-15-7-13(17(22)23)14(9-20-15)11-3-1-2-4-12(11)16(21)10-5-6-19-8-10/h1-4,7,9-10,19H,5-6,8H2,(H,22,23). The van der Waals surface area contributed by atoms with Gasteiger partial charge in [-0.3, -0.25) is 4.79 Å². The number of nitrogens with one attached hydrogen (secondary N) is 1. The Kier molecular flexibility index (Phi) is 4.41. The molecule has 3 rings (SSSR count). The summed E-state index contributed by atoms with van der Waals surface area (Å²) in [5.41, 5.74) is 1.53. The molecule has 1 atom stereocenters. The van der Waals surface area contributed by atoms with Crippen molar-refractivity contribution in [2.24, 2.45) is 5.92 Å². The smallest absolute Gasteiger partial charge is 0.336 e. The van der Waals surface area contributed by atoms with E-state index in [2.05, 4.69) is 10.3 Å². The topological polar surface area (TPSA) is 79.3 Å². The van der Waals surface area contributed by atoms with Gasteiger partial charge in [-0.2, -0.15) is 0 Å². The van der Waals surface area contributed by atoms with Gasteiger partial charge in [0, 0.05) is 29.8 Å². The second kappa shape index (κ2) is 6.48. The summed E-state index contributed by atoms with van der Waals surface area (Å²) >= 11 is 5.80. The van der Waals surface area contributed by atoms with E-state index < -0.39 is 5.97 Å². The van der Waals surface area contributed by atoms with Gasteiger partial charge < -0.3 is 10.4 Å². The number of hydrogen-bond acceptors (Lipinski definition) is 4. The lowest BCUT2D eigenvalue weighted by atomic mass is 9.89. The van der Waals surface area contributed by atoms with Gasteiger partial charge in [-0.25, -0.2) is 9.78 Å². The maximum atomic E-state index is 12.8. The van der Waals surface area contributed by atoms with Crippen LogP contribution in [0.3, 0.4) is 0 Å². The quantitative estimate of drug-likeness (QED) is 0.665. The Morgan fingerprint density at radius 3 is 2.70 bits per heavy atom. The second-order valence-electron chi connectivity index (χ2n) is 5.46. The number of carbonyl (C=O) groups excluding carboxylic acids is 1. The molecule has 5 nitrogen and oxygen atoms in total. The molecule has 1 aliphatic heterocycles. The van der Waals surface area contributed by atoms with Gasteiger partial charge in [-0.15, -0.1) is 0 Å². The summed E-state index contributed by atoms with van der Waals surface area (Å²) in [5.74, 6) is -1.16. The van der Waals surface area contributed by atoms with Gasteiger partial charge >= 0.3 is 5.97 Å². The Morgan fingerprint density at radius 1 is 1.22 bits per heavy atom. The van der Waals surface area contributed by atoms with Crippen LogP contribution in [0.2, 0.25) is 5.15 Å². The van der Waals surface area contributed by atoms with Crippen LogP contribution in [0.1, 0.15) is 27.1 Å². The van der Waals surface area contributed by atoms with E-state index in [4.69, 9.17) is 11.6 Å². The number of carboxylic acid groups (broad SMARTS) is 1. The van der Waals surface area contributed by atoms with Gasteiger partial charge in [0.2, 0.25) is 0 Å². The van der Waals surface area contributed by atoms with E-state index in [9.17, 15) is 14.7 Å². The van der Waals surface area contributed by atoms with E-state index in [0.717, 1.165) is 13.0 Å². The number of aromatic carboxylic acids is 1. The van der Waals surface area contributed by atoms with Crippen molar-refractivity contribution in [3.63, 3.8) is 0 Å². The molecule has 0 bridgehead atoms. The molecule has 1 aromatic carbocycles. The maximum absolute atomic E-state index is 12.8. The fourth-order valence-electron chi connectivity index (χ4n) is 2.85. The third-order valence-corrected chi connectivity index (χ3v) is 4.22. The van der Waals surface area contributed by atoms with E-state index in [0.29, 0.717) is 23.2 Å². The summed E-state index contributed by atoms with van der Waals surface area (Å²) < 4.78 is 0. The van der Waals surface area contributed by atoms with Crippen LogP contribution in [0.25, 0.3) is 11.1 Å². The van der Waals surface area contributed by atoms with Gasteiger partial charge in [0.25, 0.3) is 0 Å². The van der Waals surface area contributed by atoms with E-state index in [1.54, 1.807) is 24.3 Å². The third-order valence-electron chi connectivity index (χ3n) is 4.01. The minimum atomic E-state index is -1.10. The van der Waals surface area contributed by atoms with Crippen LogP contribution in [0, 0.1) is 5.92 Å². The summed E-state index contributed by atoms with van der Waals surface area (Å²) in [4.78, 5) is 28.2. The molecule has 2 N–H and O–H groups in total. The van der Waals surface area contributed by atoms with Crippen molar-refractivity contribution in [1.82, 2.24) is 10.3 Å². The molecule has 0 amide bonds. The van der Waals surface area contributed by atoms with E-state index in [-0.39, 0.29) is 22.4 Å². The number of benzene rings is 1. The van der Waals surface area contributed by atoms with Crippen LogP contribution in [-0.4, -0.2) is 34.9 Å². The summed E-state index contributed by atoms with van der Waals surface area (Å²) in [7, 11) is 0. The maximum Gasteiger partial charge on any atom is 0.336 e. The molecule has 2 aromatic rings. The van der Waals surface area contributed by atoms with Crippen molar-refractivity contribution in [2.45, 2.75) is 6.42 Å². The molecule has 0 radical (unpaired) electrons. The molecule has 0 aliphatic carbocycles. The van der Waals surface area contributed by atoms with Crippen LogP contribution in [-0.2, 0) is 0 Å². The highest BCUT2D eigenvalue weighted by molar-refractivity contribution is 6.29. The van der Waals surface area contributed by atoms with Gasteiger partial charge in [-0.05, 0) is 24.6 Å². The lowest BCUT2D eigenvalue weighted by molar-refractivity contribution is 0.0697. The summed E-state index contributed by atoms with van der Waals surface area (Å²) in [5, 5.41) is 12.7. The number of aromatic nitrogens is 1. The van der Waals surface area contributed by atoms with E-state index >= 15 is 0 Å². The van der Waals surface area contributed by atoms with Crippen molar-refractivity contribution in [1.29, 1.82) is 0 Å². The number of hydrogen-bond donors (Lipinski definition) is 2. The Hall–Kier alpha value is -2.24. The number of ketones is 1. The van der Waals surface area contributed by atoms with Crippen LogP contribution in [0.15, 0.2) is 36.5 Å². The van der Waals surface area contributed by atoms with Gasteiger partial charge in [0.15, 0.2) is 5.78 Å². The van der Waals surface area contributed by atoms with Crippen LogP contribution < -0.4 is 5.32 Å². The molecule has 1 aromatic heterocycles. The number of halogens is 1. The fraction of sp³-hybridized carbons (Fsp3) is 0.235. The molecule has 1 unspecified atom stereocenters. The molecule has 23 heavy (non-hydrogen) atoms. The third kappa shape index (κ3) is 3.11. The Labute approximate surface area is 138 Å². The van der Waals surface area contributed by atoms with Gasteiger partial charge in [-0.1, -0.05) is 35.9 Å². The Morgan fingerprint density at radius 2 is 2.00 bits per heavy atom. The molecule has 1 saturated heterocycles. The normalized spacial score (nSPS) is 17.2. The predicted molar refractivity (Wildman–Crippen MR) is 86.9 cm³/mol. The molecule has 1 aliphatic rings. The number of Topliss-reactive ketones (excluding diaryl/α,β-unsaturated/α-hetero) is 1. The highest BCUT2D eigenvalue weighted by Crippen LogP contribution is 2.30. The summed E-state index contributed by atoms with van der Waals surface area (Å²) in [6.45, 7) is 1.47. The highest BCUT2D eigenvalue weighted by Gasteiger charge is 2.26. The first-order chi connectivity index (χ1) is 11.1. The second-order valence-corrected chi connectivity index (χ2v) is 5.84. The zero-order chi connectivity index (χ0) is 16.4. The van der Waals surface area contributed by atoms with Crippen molar-refractivity contribution in [3.05, 3.63) is 52.8 Å². The Bertz CT molecular complexity index is 770. The number of rotatable bonds is 4. The minimum absolute atomic E-state index is 0.0249. The van der Waals surface area contributed by atoms with Crippen molar-refractivity contribution < 1.29 is 14.7 Å². The van der Waals surface area contributed by atoms with Crippen LogP contribution >= 0.6 is 11.6 Å². The summed E-state index contributed by atoms with van der Waals surface area (Å²) in [6, 6.07) is 8.34. The molecular formula is C17H15ClN2O3. The molecule has 0 spiro atoms. The average Bonchev–Trinajstić information content (AvgIpc) is 3.08. The van der Waals surface area contributed by atoms with Gasteiger partial charge in [0.1, 0.15) is 5.15 Å². The lowest BCUT2D eigenvalue weighted by Gasteiger charge is -2.14. The van der Waals surface area contributed by atoms with E-state index in [1.165, 1.54) is 12.3 Å². The number of nitrogens with zero attached hydrogens (tertiary/aromatic N) is 1. The molecule has 2 heterocycles. The van der Waals surface area contributed by atoms with Crippen LogP contribution in [0.4, 0.5) is 0 Å². The number of carboxylic acids is 1. The van der Waals surface area contributed by atoms with Crippen molar-refractivity contribution in [3.8, 4) is 11.1 Å². The summed E-state index contributed by atoms with van der Waals surface area (Å²) in [6.07, 6.45) is 2.20. The first kappa shape index (κ1) is 15.6. The number of pyridine rings is 1. The molecule has 118 valence electrons. The first-order valence-corrected chi connectivity index (χ1v) is 7.69. The average molecular weight is 331 g/mol.